The average Bonchev–Trinajstić information content (AvgIpc) is 3.03. The van der Waals surface area contributed by atoms with Crippen LogP contribution in [0.1, 0.15) is 31.2 Å². The zero-order chi connectivity index (χ0) is 13.2. The van der Waals surface area contributed by atoms with Crippen molar-refractivity contribution in [2.24, 2.45) is 10.9 Å². The molecule has 2 aliphatic rings. The molecule has 1 fully saturated rings. The summed E-state index contributed by atoms with van der Waals surface area (Å²) in [6, 6.07) is 7.85. The number of nitrogens with one attached hydrogen (secondary N) is 1. The molecule has 0 radical (unpaired) electrons. The van der Waals surface area contributed by atoms with E-state index in [0.717, 1.165) is 28.7 Å². The number of benzene rings is 1. The number of halogens is 1. The fourth-order valence-electron chi connectivity index (χ4n) is 2.60. The lowest BCUT2D eigenvalue weighted by atomic mass is 10.1. The van der Waals surface area contributed by atoms with Crippen molar-refractivity contribution in [3.05, 3.63) is 40.0 Å². The Kier molecular flexibility index (Phi) is 3.51. The van der Waals surface area contributed by atoms with Crippen LogP contribution in [-0.4, -0.2) is 11.7 Å². The molecule has 3 nitrogen and oxygen atoms in total. The van der Waals surface area contributed by atoms with Crippen LogP contribution in [-0.2, 0) is 4.79 Å². The molecule has 98 valence electrons. The van der Waals surface area contributed by atoms with E-state index < -0.39 is 0 Å². The molecule has 1 aromatic rings. The van der Waals surface area contributed by atoms with E-state index in [1.54, 1.807) is 0 Å². The van der Waals surface area contributed by atoms with Gasteiger partial charge < -0.3 is 5.32 Å². The van der Waals surface area contributed by atoms with Crippen molar-refractivity contribution >= 4 is 33.7 Å². The lowest BCUT2D eigenvalue weighted by molar-refractivity contribution is -0.115. The van der Waals surface area contributed by atoms with E-state index in [1.165, 1.54) is 12.8 Å². The van der Waals surface area contributed by atoms with Gasteiger partial charge in [-0.05, 0) is 36.6 Å². The zero-order valence-corrected chi connectivity index (χ0v) is 12.1. The highest BCUT2D eigenvalue weighted by molar-refractivity contribution is 9.10. The van der Waals surface area contributed by atoms with Crippen LogP contribution in [0.25, 0.3) is 6.08 Å². The first kappa shape index (κ1) is 12.6. The van der Waals surface area contributed by atoms with Crippen LogP contribution in [0.5, 0.6) is 0 Å². The van der Waals surface area contributed by atoms with E-state index in [2.05, 4.69) is 26.2 Å². The Morgan fingerprint density at radius 3 is 2.58 bits per heavy atom. The summed E-state index contributed by atoms with van der Waals surface area (Å²) in [5.74, 6) is 1.23. The van der Waals surface area contributed by atoms with Crippen LogP contribution in [0.4, 0.5) is 0 Å². The summed E-state index contributed by atoms with van der Waals surface area (Å²) in [6.45, 7) is 0. The van der Waals surface area contributed by atoms with Crippen LogP contribution >= 0.6 is 15.9 Å². The van der Waals surface area contributed by atoms with Gasteiger partial charge in [-0.3, -0.25) is 4.79 Å². The van der Waals surface area contributed by atoms with Gasteiger partial charge in [0, 0.05) is 10.4 Å². The monoisotopic (exact) mass is 318 g/mol. The SMILES string of the molecule is O=C1NC(C2CCCC2)=N/C1=C/c1ccc(Br)cc1. The van der Waals surface area contributed by atoms with E-state index in [1.807, 2.05) is 30.3 Å². The van der Waals surface area contributed by atoms with Crippen LogP contribution in [0, 0.1) is 5.92 Å². The average molecular weight is 319 g/mol. The number of carbonyl (C=O) groups is 1. The van der Waals surface area contributed by atoms with E-state index in [0.29, 0.717) is 11.6 Å². The largest absolute Gasteiger partial charge is 0.308 e. The summed E-state index contributed by atoms with van der Waals surface area (Å²) >= 11 is 3.40. The summed E-state index contributed by atoms with van der Waals surface area (Å²) in [4.78, 5) is 16.4. The molecule has 1 aliphatic carbocycles. The number of aliphatic imine (C=N–C) groups is 1. The van der Waals surface area contributed by atoms with Crippen molar-refractivity contribution in [3.63, 3.8) is 0 Å². The molecule has 1 heterocycles. The molecule has 4 heteroatoms. The molecular formula is C15H15BrN2O. The molecule has 0 unspecified atom stereocenters. The number of amidine groups is 1. The second-order valence-electron chi connectivity index (χ2n) is 5.01. The van der Waals surface area contributed by atoms with Gasteiger partial charge in [-0.2, -0.15) is 0 Å². The highest BCUT2D eigenvalue weighted by Crippen LogP contribution is 2.28. The Morgan fingerprint density at radius 2 is 1.89 bits per heavy atom. The van der Waals surface area contributed by atoms with Crippen LogP contribution in [0.3, 0.4) is 0 Å². The van der Waals surface area contributed by atoms with E-state index >= 15 is 0 Å². The standard InChI is InChI=1S/C15H15BrN2O/c16-12-7-5-10(6-8-12)9-13-15(19)18-14(17-13)11-3-1-2-4-11/h5-9,11H,1-4H2,(H,17,18,19)/b13-9+. The maximum absolute atomic E-state index is 11.9. The smallest absolute Gasteiger partial charge is 0.275 e. The molecule has 1 saturated carbocycles. The van der Waals surface area contributed by atoms with Gasteiger partial charge in [0.05, 0.1) is 0 Å². The molecule has 1 amide bonds. The normalized spacial score (nSPS) is 21.8. The Bertz CT molecular complexity index is 554. The minimum atomic E-state index is -0.0789. The molecule has 0 aromatic heterocycles. The fourth-order valence-corrected chi connectivity index (χ4v) is 2.86. The van der Waals surface area contributed by atoms with Crippen molar-refractivity contribution < 1.29 is 4.79 Å². The molecule has 1 N–H and O–H groups in total. The number of hydrogen-bond acceptors (Lipinski definition) is 2. The van der Waals surface area contributed by atoms with Gasteiger partial charge in [0.1, 0.15) is 11.5 Å². The maximum Gasteiger partial charge on any atom is 0.275 e. The van der Waals surface area contributed by atoms with Gasteiger partial charge in [0.15, 0.2) is 0 Å². The second-order valence-corrected chi connectivity index (χ2v) is 5.93. The summed E-state index contributed by atoms with van der Waals surface area (Å²) in [5.41, 5.74) is 1.51. The Hall–Kier alpha value is -1.42. The number of carbonyl (C=O) groups excluding carboxylic acids is 1. The molecule has 0 atom stereocenters. The zero-order valence-electron chi connectivity index (χ0n) is 10.5. The molecule has 0 bridgehead atoms. The van der Waals surface area contributed by atoms with Crippen LogP contribution in [0.2, 0.25) is 0 Å². The Balaban J connectivity index is 1.83. The van der Waals surface area contributed by atoms with Gasteiger partial charge in [-0.1, -0.05) is 40.9 Å². The number of hydrogen-bond donors (Lipinski definition) is 1. The Morgan fingerprint density at radius 1 is 1.21 bits per heavy atom. The maximum atomic E-state index is 11.9. The minimum Gasteiger partial charge on any atom is -0.308 e. The lowest BCUT2D eigenvalue weighted by Crippen LogP contribution is -2.29. The third-order valence-corrected chi connectivity index (χ3v) is 4.16. The van der Waals surface area contributed by atoms with Crippen LogP contribution < -0.4 is 5.32 Å². The lowest BCUT2D eigenvalue weighted by Gasteiger charge is -2.06. The number of nitrogens with zero attached hydrogens (tertiary/aromatic N) is 1. The van der Waals surface area contributed by atoms with E-state index in [4.69, 9.17) is 0 Å². The van der Waals surface area contributed by atoms with Gasteiger partial charge in [0.25, 0.3) is 5.91 Å². The van der Waals surface area contributed by atoms with Crippen molar-refractivity contribution in [1.29, 1.82) is 0 Å². The molecular weight excluding hydrogens is 304 g/mol. The fraction of sp³-hybridized carbons (Fsp3) is 0.333. The number of rotatable bonds is 2. The highest BCUT2D eigenvalue weighted by atomic mass is 79.9. The summed E-state index contributed by atoms with van der Waals surface area (Å²) in [6.07, 6.45) is 6.61. The van der Waals surface area contributed by atoms with Crippen molar-refractivity contribution in [1.82, 2.24) is 5.32 Å². The summed E-state index contributed by atoms with van der Waals surface area (Å²) in [7, 11) is 0. The van der Waals surface area contributed by atoms with Crippen LogP contribution in [0.15, 0.2) is 39.4 Å². The molecule has 3 rings (SSSR count). The third kappa shape index (κ3) is 2.78. The van der Waals surface area contributed by atoms with Gasteiger partial charge in [0.2, 0.25) is 0 Å². The predicted octanol–water partition coefficient (Wildman–Crippen LogP) is 3.51. The summed E-state index contributed by atoms with van der Waals surface area (Å²) in [5, 5.41) is 2.91. The van der Waals surface area contributed by atoms with Crippen molar-refractivity contribution in [3.8, 4) is 0 Å². The van der Waals surface area contributed by atoms with E-state index in [-0.39, 0.29) is 5.91 Å². The first-order chi connectivity index (χ1) is 9.22. The molecule has 0 saturated heterocycles. The van der Waals surface area contributed by atoms with Crippen molar-refractivity contribution in [2.45, 2.75) is 25.7 Å². The third-order valence-electron chi connectivity index (χ3n) is 3.63. The molecule has 19 heavy (non-hydrogen) atoms. The van der Waals surface area contributed by atoms with Gasteiger partial charge in [-0.15, -0.1) is 0 Å². The molecule has 1 aliphatic heterocycles. The number of amides is 1. The topological polar surface area (TPSA) is 41.5 Å². The predicted molar refractivity (Wildman–Crippen MR) is 79.7 cm³/mol. The summed E-state index contributed by atoms with van der Waals surface area (Å²) < 4.78 is 1.03. The molecule has 1 aromatic carbocycles. The first-order valence-corrected chi connectivity index (χ1v) is 7.39. The van der Waals surface area contributed by atoms with E-state index in [9.17, 15) is 4.79 Å². The van der Waals surface area contributed by atoms with Gasteiger partial charge in [-0.25, -0.2) is 4.99 Å². The first-order valence-electron chi connectivity index (χ1n) is 6.59. The minimum absolute atomic E-state index is 0.0789. The highest BCUT2D eigenvalue weighted by Gasteiger charge is 2.28. The second kappa shape index (κ2) is 5.29. The Labute approximate surface area is 120 Å². The quantitative estimate of drug-likeness (QED) is 0.833. The molecule has 0 spiro atoms. The van der Waals surface area contributed by atoms with Gasteiger partial charge >= 0.3 is 0 Å². The van der Waals surface area contributed by atoms with Crippen molar-refractivity contribution in [2.75, 3.05) is 0 Å².